The summed E-state index contributed by atoms with van der Waals surface area (Å²) in [5.41, 5.74) is 6.88. The standard InChI is InChI=1S/C12H13NO/c1-10(14)12-7-4-6-11(9-12)5-2-3-8-13/h4,6-7,9H,3,8,13H2,1H3. The van der Waals surface area contributed by atoms with E-state index < -0.39 is 0 Å². The monoisotopic (exact) mass is 187 g/mol. The van der Waals surface area contributed by atoms with Crippen molar-refractivity contribution in [1.82, 2.24) is 0 Å². The van der Waals surface area contributed by atoms with Crippen LogP contribution < -0.4 is 5.73 Å². The van der Waals surface area contributed by atoms with Crippen molar-refractivity contribution in [2.75, 3.05) is 6.54 Å². The number of nitrogens with two attached hydrogens (primary N) is 1. The Kier molecular flexibility index (Phi) is 3.90. The molecule has 0 aromatic heterocycles. The summed E-state index contributed by atoms with van der Waals surface area (Å²) in [6.07, 6.45) is 0.685. The molecule has 0 aliphatic rings. The lowest BCUT2D eigenvalue weighted by Crippen LogP contribution is -1.95. The first-order valence-electron chi connectivity index (χ1n) is 4.54. The van der Waals surface area contributed by atoms with Crippen molar-refractivity contribution < 1.29 is 4.79 Å². The van der Waals surface area contributed by atoms with Crippen LogP contribution in [0.15, 0.2) is 24.3 Å². The molecule has 0 spiro atoms. The fourth-order valence-electron chi connectivity index (χ4n) is 1.05. The Morgan fingerprint density at radius 1 is 1.50 bits per heavy atom. The van der Waals surface area contributed by atoms with Gasteiger partial charge in [-0.05, 0) is 19.1 Å². The summed E-state index contributed by atoms with van der Waals surface area (Å²) >= 11 is 0. The number of ketones is 1. The third kappa shape index (κ3) is 3.04. The zero-order valence-electron chi connectivity index (χ0n) is 8.21. The molecule has 1 aromatic rings. The predicted octanol–water partition coefficient (Wildman–Crippen LogP) is 1.59. The van der Waals surface area contributed by atoms with Crippen LogP contribution in [0.2, 0.25) is 0 Å². The maximum atomic E-state index is 11.1. The summed E-state index contributed by atoms with van der Waals surface area (Å²) in [5.74, 6) is 5.95. The molecule has 0 amide bonds. The van der Waals surface area contributed by atoms with E-state index in [1.54, 1.807) is 19.1 Å². The first-order chi connectivity index (χ1) is 6.74. The van der Waals surface area contributed by atoms with Gasteiger partial charge in [0.05, 0.1) is 0 Å². The Morgan fingerprint density at radius 3 is 2.93 bits per heavy atom. The molecule has 0 aliphatic heterocycles. The van der Waals surface area contributed by atoms with E-state index in [1.807, 2.05) is 12.1 Å². The van der Waals surface area contributed by atoms with Gasteiger partial charge in [-0.3, -0.25) is 4.79 Å². The van der Waals surface area contributed by atoms with E-state index in [2.05, 4.69) is 11.8 Å². The largest absolute Gasteiger partial charge is 0.330 e. The molecule has 2 heteroatoms. The van der Waals surface area contributed by atoms with E-state index >= 15 is 0 Å². The third-order valence-corrected chi connectivity index (χ3v) is 1.77. The van der Waals surface area contributed by atoms with Crippen LogP contribution in [-0.2, 0) is 0 Å². The lowest BCUT2D eigenvalue weighted by atomic mass is 10.1. The van der Waals surface area contributed by atoms with E-state index in [0.717, 1.165) is 5.56 Å². The summed E-state index contributed by atoms with van der Waals surface area (Å²) in [4.78, 5) is 11.1. The molecular weight excluding hydrogens is 174 g/mol. The van der Waals surface area contributed by atoms with Gasteiger partial charge in [-0.2, -0.15) is 0 Å². The lowest BCUT2D eigenvalue weighted by molar-refractivity contribution is 0.101. The van der Waals surface area contributed by atoms with E-state index in [0.29, 0.717) is 18.5 Å². The Morgan fingerprint density at radius 2 is 2.29 bits per heavy atom. The molecule has 0 aliphatic carbocycles. The van der Waals surface area contributed by atoms with Crippen LogP contribution in [0, 0.1) is 11.8 Å². The van der Waals surface area contributed by atoms with Gasteiger partial charge in [-0.15, -0.1) is 0 Å². The number of rotatable bonds is 2. The molecule has 0 bridgehead atoms. The van der Waals surface area contributed by atoms with Crippen LogP contribution in [0.3, 0.4) is 0 Å². The first-order valence-corrected chi connectivity index (χ1v) is 4.54. The van der Waals surface area contributed by atoms with Crippen LogP contribution >= 0.6 is 0 Å². The summed E-state index contributed by atoms with van der Waals surface area (Å²) in [7, 11) is 0. The molecule has 2 N–H and O–H groups in total. The quantitative estimate of drug-likeness (QED) is 0.564. The highest BCUT2D eigenvalue weighted by Gasteiger charge is 1.97. The minimum Gasteiger partial charge on any atom is -0.330 e. The summed E-state index contributed by atoms with van der Waals surface area (Å²) in [6.45, 7) is 2.12. The molecule has 14 heavy (non-hydrogen) atoms. The molecule has 0 saturated carbocycles. The minimum atomic E-state index is 0.0625. The Bertz CT molecular complexity index is 385. The van der Waals surface area contributed by atoms with Crippen LogP contribution in [0.4, 0.5) is 0 Å². The maximum Gasteiger partial charge on any atom is 0.159 e. The summed E-state index contributed by atoms with van der Waals surface area (Å²) < 4.78 is 0. The van der Waals surface area contributed by atoms with Gasteiger partial charge in [0.1, 0.15) is 0 Å². The number of benzene rings is 1. The zero-order chi connectivity index (χ0) is 10.4. The van der Waals surface area contributed by atoms with E-state index in [4.69, 9.17) is 5.73 Å². The normalized spacial score (nSPS) is 9.00. The second-order valence-corrected chi connectivity index (χ2v) is 2.98. The molecule has 0 heterocycles. The molecule has 1 aromatic carbocycles. The molecule has 0 radical (unpaired) electrons. The molecule has 2 nitrogen and oxygen atoms in total. The Labute approximate surface area is 84.1 Å². The van der Waals surface area contributed by atoms with Crippen molar-refractivity contribution in [2.24, 2.45) is 5.73 Å². The van der Waals surface area contributed by atoms with E-state index in [1.165, 1.54) is 0 Å². The molecule has 0 fully saturated rings. The third-order valence-electron chi connectivity index (χ3n) is 1.77. The number of hydrogen-bond donors (Lipinski definition) is 1. The molecule has 0 atom stereocenters. The Balaban J connectivity index is 2.85. The van der Waals surface area contributed by atoms with Crippen LogP contribution in [0.25, 0.3) is 0 Å². The van der Waals surface area contributed by atoms with Crippen molar-refractivity contribution in [3.8, 4) is 11.8 Å². The zero-order valence-corrected chi connectivity index (χ0v) is 8.21. The smallest absolute Gasteiger partial charge is 0.159 e. The topological polar surface area (TPSA) is 43.1 Å². The highest BCUT2D eigenvalue weighted by Crippen LogP contribution is 2.04. The fourth-order valence-corrected chi connectivity index (χ4v) is 1.05. The average Bonchev–Trinajstić information content (AvgIpc) is 2.19. The van der Waals surface area contributed by atoms with Crippen molar-refractivity contribution in [3.05, 3.63) is 35.4 Å². The van der Waals surface area contributed by atoms with Crippen LogP contribution in [-0.4, -0.2) is 12.3 Å². The number of Topliss-reactive ketones (excluding diaryl/α,β-unsaturated/α-hetero) is 1. The Hall–Kier alpha value is -1.59. The SMILES string of the molecule is CC(=O)c1cccc(C#CCCN)c1. The average molecular weight is 187 g/mol. The lowest BCUT2D eigenvalue weighted by Gasteiger charge is -1.95. The highest BCUT2D eigenvalue weighted by atomic mass is 16.1. The number of hydrogen-bond acceptors (Lipinski definition) is 2. The van der Waals surface area contributed by atoms with Gasteiger partial charge in [0, 0.05) is 24.1 Å². The second-order valence-electron chi connectivity index (χ2n) is 2.98. The van der Waals surface area contributed by atoms with Gasteiger partial charge in [0.15, 0.2) is 5.78 Å². The van der Waals surface area contributed by atoms with Gasteiger partial charge in [-0.25, -0.2) is 0 Å². The molecular formula is C12H13NO. The first kappa shape index (κ1) is 10.5. The second kappa shape index (κ2) is 5.21. The molecule has 72 valence electrons. The van der Waals surface area contributed by atoms with Crippen molar-refractivity contribution >= 4 is 5.78 Å². The predicted molar refractivity (Wildman–Crippen MR) is 57.0 cm³/mol. The van der Waals surface area contributed by atoms with Gasteiger partial charge in [-0.1, -0.05) is 24.0 Å². The van der Waals surface area contributed by atoms with Gasteiger partial charge in [0.2, 0.25) is 0 Å². The van der Waals surface area contributed by atoms with Gasteiger partial charge < -0.3 is 5.73 Å². The number of carbonyl (C=O) groups is 1. The highest BCUT2D eigenvalue weighted by molar-refractivity contribution is 5.94. The molecule has 0 saturated heterocycles. The van der Waals surface area contributed by atoms with E-state index in [9.17, 15) is 4.79 Å². The maximum absolute atomic E-state index is 11.1. The summed E-state index contributed by atoms with van der Waals surface area (Å²) in [6, 6.07) is 7.31. The van der Waals surface area contributed by atoms with Gasteiger partial charge >= 0.3 is 0 Å². The van der Waals surface area contributed by atoms with Crippen molar-refractivity contribution in [2.45, 2.75) is 13.3 Å². The minimum absolute atomic E-state index is 0.0625. The van der Waals surface area contributed by atoms with Crippen molar-refractivity contribution in [3.63, 3.8) is 0 Å². The molecule has 1 rings (SSSR count). The number of carbonyl (C=O) groups excluding carboxylic acids is 1. The van der Waals surface area contributed by atoms with Crippen LogP contribution in [0.5, 0.6) is 0 Å². The van der Waals surface area contributed by atoms with Gasteiger partial charge in [0.25, 0.3) is 0 Å². The van der Waals surface area contributed by atoms with Crippen molar-refractivity contribution in [1.29, 1.82) is 0 Å². The summed E-state index contributed by atoms with van der Waals surface area (Å²) in [5, 5.41) is 0. The molecule has 0 unspecified atom stereocenters. The fraction of sp³-hybridized carbons (Fsp3) is 0.250. The van der Waals surface area contributed by atoms with Crippen LogP contribution in [0.1, 0.15) is 29.3 Å². The van der Waals surface area contributed by atoms with E-state index in [-0.39, 0.29) is 5.78 Å².